The minimum Gasteiger partial charge on any atom is -0.378 e. The molecule has 30 heavy (non-hydrogen) atoms. The van der Waals surface area contributed by atoms with E-state index in [9.17, 15) is 18.0 Å². The van der Waals surface area contributed by atoms with Gasteiger partial charge in [0.05, 0.1) is 6.54 Å². The molecule has 0 fully saturated rings. The van der Waals surface area contributed by atoms with E-state index in [0.717, 1.165) is 35.6 Å². The quantitative estimate of drug-likeness (QED) is 0.643. The number of hydrogen-bond acceptors (Lipinski definition) is 4. The SMILES string of the molecule is CC.Cc1cc(N(C)C)ccc1Nc1nc(=O)c(F)cn1Cc1cc(F)cc(F)c1. The third kappa shape index (κ3) is 5.62. The van der Waals surface area contributed by atoms with Gasteiger partial charge in [0, 0.05) is 37.7 Å². The average molecular weight is 418 g/mol. The fourth-order valence-electron chi connectivity index (χ4n) is 2.77. The monoisotopic (exact) mass is 418 g/mol. The Kier molecular flexibility index (Phi) is 7.63. The van der Waals surface area contributed by atoms with Crippen LogP contribution in [0.15, 0.2) is 47.4 Å². The summed E-state index contributed by atoms with van der Waals surface area (Å²) in [6.45, 7) is 5.80. The van der Waals surface area contributed by atoms with Gasteiger partial charge < -0.3 is 14.8 Å². The summed E-state index contributed by atoms with van der Waals surface area (Å²) >= 11 is 0. The van der Waals surface area contributed by atoms with Crippen molar-refractivity contribution in [3.8, 4) is 0 Å². The van der Waals surface area contributed by atoms with Gasteiger partial charge in [-0.25, -0.2) is 8.78 Å². The van der Waals surface area contributed by atoms with Gasteiger partial charge in [0.25, 0.3) is 0 Å². The molecule has 0 spiro atoms. The number of benzene rings is 2. The van der Waals surface area contributed by atoms with Crippen molar-refractivity contribution in [2.24, 2.45) is 0 Å². The summed E-state index contributed by atoms with van der Waals surface area (Å²) in [4.78, 5) is 17.4. The summed E-state index contributed by atoms with van der Waals surface area (Å²) < 4.78 is 42.0. The van der Waals surface area contributed by atoms with Crippen LogP contribution in [0.25, 0.3) is 0 Å². The van der Waals surface area contributed by atoms with Crippen LogP contribution >= 0.6 is 0 Å². The van der Waals surface area contributed by atoms with Gasteiger partial charge in [-0.05, 0) is 48.4 Å². The lowest BCUT2D eigenvalue weighted by molar-refractivity contribution is 0.568. The lowest BCUT2D eigenvalue weighted by Gasteiger charge is -2.18. The summed E-state index contributed by atoms with van der Waals surface area (Å²) in [5, 5.41) is 3.00. The lowest BCUT2D eigenvalue weighted by atomic mass is 10.1. The molecule has 1 heterocycles. The van der Waals surface area contributed by atoms with Gasteiger partial charge in [-0.1, -0.05) is 13.8 Å². The number of halogens is 3. The van der Waals surface area contributed by atoms with E-state index >= 15 is 0 Å². The van der Waals surface area contributed by atoms with E-state index < -0.39 is 23.0 Å². The maximum atomic E-state index is 13.8. The first-order valence-electron chi connectivity index (χ1n) is 9.50. The van der Waals surface area contributed by atoms with E-state index in [0.29, 0.717) is 5.69 Å². The molecule has 0 radical (unpaired) electrons. The molecule has 1 aromatic heterocycles. The van der Waals surface area contributed by atoms with E-state index in [2.05, 4.69) is 10.3 Å². The molecule has 0 aliphatic heterocycles. The fourth-order valence-corrected chi connectivity index (χ4v) is 2.77. The summed E-state index contributed by atoms with van der Waals surface area (Å²) in [6, 6.07) is 8.66. The minimum absolute atomic E-state index is 0.0665. The van der Waals surface area contributed by atoms with Crippen molar-refractivity contribution in [2.75, 3.05) is 24.3 Å². The van der Waals surface area contributed by atoms with E-state index in [-0.39, 0.29) is 18.1 Å². The maximum Gasteiger partial charge on any atom is 0.310 e. The first-order valence-corrected chi connectivity index (χ1v) is 9.50. The molecule has 0 unspecified atom stereocenters. The highest BCUT2D eigenvalue weighted by atomic mass is 19.1. The molecule has 0 aliphatic carbocycles. The second-order valence-electron chi connectivity index (χ2n) is 6.64. The molecular formula is C22H25F3N4O. The Balaban J connectivity index is 0.00000155. The van der Waals surface area contributed by atoms with Gasteiger partial charge in [-0.15, -0.1) is 0 Å². The minimum atomic E-state index is -1.05. The number of rotatable bonds is 5. The van der Waals surface area contributed by atoms with Crippen LogP contribution < -0.4 is 15.8 Å². The zero-order valence-electron chi connectivity index (χ0n) is 17.6. The van der Waals surface area contributed by atoms with Crippen molar-refractivity contribution in [3.05, 3.63) is 81.5 Å². The van der Waals surface area contributed by atoms with Gasteiger partial charge in [0.15, 0.2) is 0 Å². The Morgan fingerprint density at radius 3 is 2.23 bits per heavy atom. The molecule has 1 N–H and O–H groups in total. The van der Waals surface area contributed by atoms with Crippen LogP contribution in [-0.4, -0.2) is 23.6 Å². The number of hydrogen-bond donors (Lipinski definition) is 1. The van der Waals surface area contributed by atoms with Crippen LogP contribution in [0.4, 0.5) is 30.5 Å². The van der Waals surface area contributed by atoms with E-state index in [1.54, 1.807) is 0 Å². The molecule has 3 rings (SSSR count). The molecule has 5 nitrogen and oxygen atoms in total. The molecule has 2 aromatic carbocycles. The number of aromatic nitrogens is 2. The Labute approximate surface area is 173 Å². The van der Waals surface area contributed by atoms with Gasteiger partial charge in [-0.3, -0.25) is 4.79 Å². The summed E-state index contributed by atoms with van der Waals surface area (Å²) in [6.07, 6.45) is 0.962. The van der Waals surface area contributed by atoms with E-state index in [4.69, 9.17) is 0 Å². The molecule has 8 heteroatoms. The molecule has 0 saturated heterocycles. The van der Waals surface area contributed by atoms with Crippen molar-refractivity contribution in [1.29, 1.82) is 0 Å². The van der Waals surface area contributed by atoms with Gasteiger partial charge in [0.1, 0.15) is 11.6 Å². The predicted molar refractivity (Wildman–Crippen MR) is 114 cm³/mol. The second kappa shape index (κ2) is 9.96. The number of anilines is 3. The maximum absolute atomic E-state index is 13.8. The summed E-state index contributed by atoms with van der Waals surface area (Å²) in [5.41, 5.74) is 1.79. The number of aryl methyl sites for hydroxylation is 1. The van der Waals surface area contributed by atoms with E-state index in [1.165, 1.54) is 4.57 Å². The number of nitrogens with one attached hydrogen (secondary N) is 1. The van der Waals surface area contributed by atoms with Crippen LogP contribution in [0.2, 0.25) is 0 Å². The first kappa shape index (κ1) is 23.0. The molecule has 0 atom stereocenters. The van der Waals surface area contributed by atoms with Crippen LogP contribution in [-0.2, 0) is 6.54 Å². The van der Waals surface area contributed by atoms with Crippen LogP contribution in [0.3, 0.4) is 0 Å². The lowest BCUT2D eigenvalue weighted by Crippen LogP contribution is -2.20. The molecule has 0 saturated carbocycles. The summed E-state index contributed by atoms with van der Waals surface area (Å²) in [7, 11) is 3.83. The first-order chi connectivity index (χ1) is 14.2. The molecule has 0 bridgehead atoms. The van der Waals surface area contributed by atoms with Crippen LogP contribution in [0, 0.1) is 24.4 Å². The van der Waals surface area contributed by atoms with Gasteiger partial charge >= 0.3 is 5.56 Å². The molecule has 0 amide bonds. The largest absolute Gasteiger partial charge is 0.378 e. The Bertz CT molecular complexity index is 1060. The average Bonchev–Trinajstić information content (AvgIpc) is 2.68. The molecule has 3 aromatic rings. The standard InChI is InChI=1S/C20H19F3N4O.C2H6/c1-12-6-16(26(2)3)4-5-18(12)24-20-25-19(28)17(23)11-27(20)10-13-7-14(21)9-15(22)8-13;1-2/h4-9,11H,10H2,1-3H3,(H,24,25,28);1-2H3. The highest BCUT2D eigenvalue weighted by Gasteiger charge is 2.12. The van der Waals surface area contributed by atoms with Crippen LogP contribution in [0.5, 0.6) is 0 Å². The summed E-state index contributed by atoms with van der Waals surface area (Å²) in [5.74, 6) is -2.47. The second-order valence-corrected chi connectivity index (χ2v) is 6.64. The predicted octanol–water partition coefficient (Wildman–Crippen LogP) is 4.85. The molecular weight excluding hydrogens is 393 g/mol. The Morgan fingerprint density at radius 1 is 1.03 bits per heavy atom. The zero-order valence-corrected chi connectivity index (χ0v) is 17.6. The van der Waals surface area contributed by atoms with Gasteiger partial charge in [0.2, 0.25) is 11.8 Å². The Hall–Kier alpha value is -3.29. The number of nitrogens with zero attached hydrogens (tertiary/aromatic N) is 3. The third-order valence-corrected chi connectivity index (χ3v) is 4.20. The van der Waals surface area contributed by atoms with Crippen molar-refractivity contribution < 1.29 is 13.2 Å². The fraction of sp³-hybridized carbons (Fsp3) is 0.273. The smallest absolute Gasteiger partial charge is 0.310 e. The molecule has 0 aliphatic rings. The van der Waals surface area contributed by atoms with Crippen molar-refractivity contribution in [3.63, 3.8) is 0 Å². The zero-order chi connectivity index (χ0) is 22.4. The highest BCUT2D eigenvalue weighted by Crippen LogP contribution is 2.24. The van der Waals surface area contributed by atoms with Crippen molar-refractivity contribution in [1.82, 2.24) is 9.55 Å². The Morgan fingerprint density at radius 2 is 1.67 bits per heavy atom. The van der Waals surface area contributed by atoms with Crippen LogP contribution in [0.1, 0.15) is 25.0 Å². The molecule has 160 valence electrons. The van der Waals surface area contributed by atoms with Crippen molar-refractivity contribution in [2.45, 2.75) is 27.3 Å². The normalized spacial score (nSPS) is 10.3. The topological polar surface area (TPSA) is 50.2 Å². The van der Waals surface area contributed by atoms with E-state index in [1.807, 2.05) is 58.0 Å². The van der Waals surface area contributed by atoms with Gasteiger partial charge in [-0.2, -0.15) is 9.37 Å². The third-order valence-electron chi connectivity index (χ3n) is 4.20. The van der Waals surface area contributed by atoms with Crippen molar-refractivity contribution >= 4 is 17.3 Å². The highest BCUT2D eigenvalue weighted by molar-refractivity contribution is 5.64.